The van der Waals surface area contributed by atoms with E-state index in [4.69, 9.17) is 23.5 Å². The highest BCUT2D eigenvalue weighted by Gasteiger charge is 2.24. The SMILES string of the molecule is COc1ccc(-c2cnoc2-c2cc(OC)c3c(c2)OCO3)c(OP(=O)([O-])[O-])c1. The van der Waals surface area contributed by atoms with Crippen LogP contribution in [0.25, 0.3) is 22.5 Å². The number of phosphoric ester groups is 1. The van der Waals surface area contributed by atoms with Crippen LogP contribution in [0.2, 0.25) is 0 Å². The molecule has 0 amide bonds. The summed E-state index contributed by atoms with van der Waals surface area (Å²) in [5.74, 6) is 1.71. The van der Waals surface area contributed by atoms with Crippen LogP contribution in [-0.2, 0) is 4.57 Å². The number of methoxy groups -OCH3 is 2. The van der Waals surface area contributed by atoms with E-state index in [2.05, 4.69) is 9.68 Å². The number of phosphoric acid groups is 1. The third-order valence-corrected chi connectivity index (χ3v) is 4.60. The molecule has 0 atom stereocenters. The minimum atomic E-state index is -5.32. The predicted molar refractivity (Wildman–Crippen MR) is 94.8 cm³/mol. The van der Waals surface area contributed by atoms with Crippen LogP contribution in [0.3, 0.4) is 0 Å². The maximum absolute atomic E-state index is 11.2. The largest absolute Gasteiger partial charge is 0.780 e. The molecule has 4 rings (SSSR count). The molecule has 0 bridgehead atoms. The fraction of sp³-hybridized carbons (Fsp3) is 0.167. The van der Waals surface area contributed by atoms with Gasteiger partial charge in [-0.1, -0.05) is 5.16 Å². The van der Waals surface area contributed by atoms with Crippen LogP contribution in [0.5, 0.6) is 28.7 Å². The van der Waals surface area contributed by atoms with Crippen molar-refractivity contribution < 1.29 is 42.3 Å². The van der Waals surface area contributed by atoms with Crippen molar-refractivity contribution in [1.29, 1.82) is 0 Å². The Kier molecular flexibility index (Phi) is 4.83. The fourth-order valence-electron chi connectivity index (χ4n) is 2.95. The highest BCUT2D eigenvalue weighted by atomic mass is 31.2. The Hall–Kier alpha value is -3.20. The molecule has 1 aliphatic heterocycles. The lowest BCUT2D eigenvalue weighted by molar-refractivity contribution is -0.333. The normalized spacial score (nSPS) is 12.7. The summed E-state index contributed by atoms with van der Waals surface area (Å²) in [5, 5.41) is 3.80. The molecule has 2 aromatic carbocycles. The second-order valence-corrected chi connectivity index (χ2v) is 6.96. The molecule has 0 aliphatic carbocycles. The average Bonchev–Trinajstić information content (AvgIpc) is 3.35. The van der Waals surface area contributed by atoms with Crippen molar-refractivity contribution in [2.75, 3.05) is 21.0 Å². The quantitative estimate of drug-likeness (QED) is 0.546. The first-order chi connectivity index (χ1) is 13.9. The van der Waals surface area contributed by atoms with Crippen LogP contribution in [0.15, 0.2) is 41.1 Å². The lowest BCUT2D eigenvalue weighted by atomic mass is 10.0. The monoisotopic (exact) mass is 419 g/mol. The Labute approximate surface area is 164 Å². The molecule has 0 saturated carbocycles. The summed E-state index contributed by atoms with van der Waals surface area (Å²) in [7, 11) is -2.44. The van der Waals surface area contributed by atoms with E-state index in [1.165, 1.54) is 32.5 Å². The van der Waals surface area contributed by atoms with Gasteiger partial charge in [0.15, 0.2) is 17.3 Å². The van der Waals surface area contributed by atoms with Crippen LogP contribution in [-0.4, -0.2) is 26.2 Å². The van der Waals surface area contributed by atoms with E-state index in [-0.39, 0.29) is 23.9 Å². The van der Waals surface area contributed by atoms with Gasteiger partial charge in [0, 0.05) is 17.2 Å². The first-order valence-electron chi connectivity index (χ1n) is 8.22. The molecular formula is C18H14NO9P-2. The van der Waals surface area contributed by atoms with E-state index in [0.29, 0.717) is 34.1 Å². The van der Waals surface area contributed by atoms with E-state index >= 15 is 0 Å². The fourth-order valence-corrected chi connectivity index (χ4v) is 3.34. The highest BCUT2D eigenvalue weighted by Crippen LogP contribution is 2.47. The van der Waals surface area contributed by atoms with Gasteiger partial charge in [0.25, 0.3) is 0 Å². The van der Waals surface area contributed by atoms with Gasteiger partial charge in [0.2, 0.25) is 12.5 Å². The molecule has 2 heterocycles. The van der Waals surface area contributed by atoms with Gasteiger partial charge in [0.1, 0.15) is 19.3 Å². The summed E-state index contributed by atoms with van der Waals surface area (Å²) in [5.41, 5.74) is 1.19. The van der Waals surface area contributed by atoms with Crippen LogP contribution in [0.1, 0.15) is 0 Å². The zero-order valence-electron chi connectivity index (χ0n) is 15.2. The van der Waals surface area contributed by atoms with Crippen LogP contribution in [0, 0.1) is 0 Å². The number of fused-ring (bicyclic) bond motifs is 1. The van der Waals surface area contributed by atoms with E-state index < -0.39 is 7.82 Å². The molecule has 0 saturated heterocycles. The molecule has 3 aromatic rings. The number of aromatic nitrogens is 1. The molecule has 0 spiro atoms. The Bertz CT molecular complexity index is 1100. The van der Waals surface area contributed by atoms with Crippen molar-refractivity contribution in [2.45, 2.75) is 0 Å². The second-order valence-electron chi connectivity index (χ2n) is 5.88. The summed E-state index contributed by atoms with van der Waals surface area (Å²) in [6.45, 7) is 0.0527. The Morgan fingerprint density at radius 2 is 1.86 bits per heavy atom. The first-order valence-corrected chi connectivity index (χ1v) is 9.68. The average molecular weight is 419 g/mol. The van der Waals surface area contributed by atoms with Crippen LogP contribution >= 0.6 is 7.82 Å². The van der Waals surface area contributed by atoms with Crippen LogP contribution < -0.4 is 33.3 Å². The summed E-state index contributed by atoms with van der Waals surface area (Å²) >= 11 is 0. The smallest absolute Gasteiger partial charge is 0.231 e. The standard InChI is InChI=1S/C18H16NO9P/c1-23-11-3-4-12(14(7-11)28-29(20,21)22)13-8-19-27-17(13)10-5-15(24-2)18-16(6-10)25-9-26-18/h3-8H,9H2,1-2H3,(H2,20,21,22)/p-2. The van der Waals surface area contributed by atoms with E-state index in [9.17, 15) is 14.4 Å². The molecule has 1 aromatic heterocycles. The zero-order chi connectivity index (χ0) is 20.6. The van der Waals surface area contributed by atoms with E-state index in [1.807, 2.05) is 0 Å². The number of hydrogen-bond donors (Lipinski definition) is 0. The van der Waals surface area contributed by atoms with Gasteiger partial charge in [-0.05, 0) is 24.3 Å². The minimum Gasteiger partial charge on any atom is -0.780 e. The van der Waals surface area contributed by atoms with Gasteiger partial charge in [-0.25, -0.2) is 0 Å². The number of ether oxygens (including phenoxy) is 4. The third-order valence-electron chi connectivity index (χ3n) is 4.18. The van der Waals surface area contributed by atoms with Gasteiger partial charge in [-0.2, -0.15) is 0 Å². The summed E-state index contributed by atoms with van der Waals surface area (Å²) in [6, 6.07) is 7.73. The van der Waals surface area contributed by atoms with Gasteiger partial charge >= 0.3 is 0 Å². The Morgan fingerprint density at radius 1 is 1.03 bits per heavy atom. The van der Waals surface area contributed by atoms with Gasteiger partial charge in [0.05, 0.1) is 26.0 Å². The Morgan fingerprint density at radius 3 is 2.59 bits per heavy atom. The number of benzene rings is 2. The van der Waals surface area contributed by atoms with Crippen molar-refractivity contribution in [1.82, 2.24) is 5.16 Å². The molecule has 0 unspecified atom stereocenters. The van der Waals surface area contributed by atoms with Gasteiger partial charge < -0.3 is 42.3 Å². The zero-order valence-corrected chi connectivity index (χ0v) is 16.1. The maximum atomic E-state index is 11.2. The van der Waals surface area contributed by atoms with E-state index in [1.54, 1.807) is 18.2 Å². The Balaban J connectivity index is 1.85. The molecule has 0 N–H and O–H groups in total. The van der Waals surface area contributed by atoms with Crippen molar-refractivity contribution in [2.24, 2.45) is 0 Å². The predicted octanol–water partition coefficient (Wildman–Crippen LogP) is 1.96. The van der Waals surface area contributed by atoms with Crippen molar-refractivity contribution in [3.63, 3.8) is 0 Å². The number of rotatable bonds is 6. The highest BCUT2D eigenvalue weighted by molar-refractivity contribution is 7.43. The number of nitrogens with zero attached hydrogens (tertiary/aromatic N) is 1. The molecule has 152 valence electrons. The minimum absolute atomic E-state index is 0.0527. The molecule has 1 aliphatic rings. The lowest BCUT2D eigenvalue weighted by Gasteiger charge is -2.30. The van der Waals surface area contributed by atoms with Gasteiger partial charge in [-0.3, -0.25) is 0 Å². The van der Waals surface area contributed by atoms with Crippen LogP contribution in [0.4, 0.5) is 0 Å². The van der Waals surface area contributed by atoms with Gasteiger partial charge in [-0.15, -0.1) is 0 Å². The molecule has 0 radical (unpaired) electrons. The van der Waals surface area contributed by atoms with Crippen molar-refractivity contribution >= 4 is 7.82 Å². The first kappa shape index (κ1) is 19.1. The summed E-state index contributed by atoms with van der Waals surface area (Å²) < 4.78 is 42.4. The topological polar surface area (TPSA) is 135 Å². The van der Waals surface area contributed by atoms with E-state index in [0.717, 1.165) is 0 Å². The maximum Gasteiger partial charge on any atom is 0.231 e. The second kappa shape index (κ2) is 7.32. The molecule has 11 heteroatoms. The number of hydrogen-bond acceptors (Lipinski definition) is 10. The van der Waals surface area contributed by atoms with Crippen molar-refractivity contribution in [3.05, 3.63) is 36.5 Å². The molecular weight excluding hydrogens is 405 g/mol. The molecule has 10 nitrogen and oxygen atoms in total. The summed E-state index contributed by atoms with van der Waals surface area (Å²) in [4.78, 5) is 22.4. The third kappa shape index (κ3) is 3.73. The molecule has 29 heavy (non-hydrogen) atoms. The molecule has 0 fully saturated rings. The summed E-state index contributed by atoms with van der Waals surface area (Å²) in [6.07, 6.45) is 1.38. The lowest BCUT2D eigenvalue weighted by Crippen LogP contribution is -2.18. The van der Waals surface area contributed by atoms with Crippen molar-refractivity contribution in [3.8, 4) is 51.2 Å².